The number of anilines is 2. The monoisotopic (exact) mass is 365 g/mol. The molecule has 26 heavy (non-hydrogen) atoms. The average molecular weight is 366 g/mol. The van der Waals surface area contributed by atoms with Crippen LogP contribution >= 0.6 is 11.6 Å². The van der Waals surface area contributed by atoms with E-state index in [-0.39, 0.29) is 5.28 Å². The Bertz CT molecular complexity index is 1030. The Morgan fingerprint density at radius 1 is 1.04 bits per heavy atom. The second-order valence-corrected chi connectivity index (χ2v) is 5.89. The molecule has 4 rings (SSSR count). The molecular formula is C19H16ClN5O. The fourth-order valence-corrected chi connectivity index (χ4v) is 2.84. The molecule has 2 aromatic carbocycles. The summed E-state index contributed by atoms with van der Waals surface area (Å²) in [6.45, 7) is 2.59. The summed E-state index contributed by atoms with van der Waals surface area (Å²) in [6.07, 6.45) is 1.73. The molecule has 2 aromatic heterocycles. The van der Waals surface area contributed by atoms with Gasteiger partial charge in [-0.1, -0.05) is 18.2 Å². The van der Waals surface area contributed by atoms with Gasteiger partial charge in [0.15, 0.2) is 5.65 Å². The minimum atomic E-state index is 0.156. The van der Waals surface area contributed by atoms with Gasteiger partial charge in [0.05, 0.1) is 23.9 Å². The van der Waals surface area contributed by atoms with Gasteiger partial charge in [0.2, 0.25) is 5.28 Å². The number of ether oxygens (including phenoxy) is 1. The topological polar surface area (TPSA) is 64.9 Å². The molecule has 2 heterocycles. The quantitative estimate of drug-likeness (QED) is 0.523. The number of hydrogen-bond donors (Lipinski definition) is 1. The minimum Gasteiger partial charge on any atom is -0.494 e. The molecule has 0 fully saturated rings. The molecule has 130 valence electrons. The number of benzene rings is 2. The van der Waals surface area contributed by atoms with Crippen molar-refractivity contribution in [2.24, 2.45) is 0 Å². The Morgan fingerprint density at radius 2 is 1.81 bits per heavy atom. The fraction of sp³-hybridized carbons (Fsp3) is 0.105. The molecular weight excluding hydrogens is 350 g/mol. The van der Waals surface area contributed by atoms with Crippen molar-refractivity contribution < 1.29 is 4.74 Å². The predicted octanol–water partition coefficient (Wildman–Crippen LogP) is 4.61. The Morgan fingerprint density at radius 3 is 2.54 bits per heavy atom. The zero-order valence-electron chi connectivity index (χ0n) is 14.1. The maximum Gasteiger partial charge on any atom is 0.226 e. The summed E-state index contributed by atoms with van der Waals surface area (Å²) in [5.74, 6) is 1.42. The zero-order chi connectivity index (χ0) is 17.9. The molecule has 0 aliphatic rings. The van der Waals surface area contributed by atoms with Crippen molar-refractivity contribution in [3.8, 4) is 11.4 Å². The molecule has 7 heteroatoms. The number of nitrogens with one attached hydrogen (secondary N) is 1. The number of halogens is 1. The molecule has 6 nitrogen and oxygen atoms in total. The second kappa shape index (κ2) is 7.01. The van der Waals surface area contributed by atoms with Gasteiger partial charge >= 0.3 is 0 Å². The van der Waals surface area contributed by atoms with E-state index in [9.17, 15) is 0 Å². The van der Waals surface area contributed by atoms with Gasteiger partial charge in [0.1, 0.15) is 11.6 Å². The zero-order valence-corrected chi connectivity index (χ0v) is 14.8. The van der Waals surface area contributed by atoms with Crippen LogP contribution in [0.4, 0.5) is 11.5 Å². The van der Waals surface area contributed by atoms with Gasteiger partial charge in [0.25, 0.3) is 0 Å². The largest absolute Gasteiger partial charge is 0.494 e. The van der Waals surface area contributed by atoms with E-state index in [1.807, 2.05) is 61.5 Å². The lowest BCUT2D eigenvalue weighted by atomic mass is 10.3. The third kappa shape index (κ3) is 3.19. The minimum absolute atomic E-state index is 0.156. The first-order valence-corrected chi connectivity index (χ1v) is 8.59. The van der Waals surface area contributed by atoms with Crippen molar-refractivity contribution >= 4 is 34.1 Å². The standard InChI is InChI=1S/C19H16ClN5O/c1-2-26-15-10-8-13(9-11-15)22-17-16-12-21-25(14-6-4-3-5-7-14)18(16)24-19(20)23-17/h3-12H,2H2,1H3,(H,22,23,24). The van der Waals surface area contributed by atoms with Crippen LogP contribution in [0.15, 0.2) is 60.8 Å². The number of nitrogens with zero attached hydrogens (tertiary/aromatic N) is 4. The number of para-hydroxylation sites is 1. The summed E-state index contributed by atoms with van der Waals surface area (Å²) in [5, 5.41) is 8.66. The van der Waals surface area contributed by atoms with E-state index in [1.165, 1.54) is 0 Å². The van der Waals surface area contributed by atoms with Crippen LogP contribution in [0.25, 0.3) is 16.7 Å². The molecule has 0 saturated carbocycles. The Balaban J connectivity index is 1.72. The smallest absolute Gasteiger partial charge is 0.226 e. The Hall–Kier alpha value is -3.12. The maximum absolute atomic E-state index is 6.15. The Labute approximate surface area is 155 Å². The molecule has 0 atom stereocenters. The summed E-state index contributed by atoms with van der Waals surface area (Å²) >= 11 is 6.15. The lowest BCUT2D eigenvalue weighted by Crippen LogP contribution is -2.00. The van der Waals surface area contributed by atoms with E-state index in [0.717, 1.165) is 22.5 Å². The third-order valence-corrected chi connectivity index (χ3v) is 4.00. The number of fused-ring (bicyclic) bond motifs is 1. The van der Waals surface area contributed by atoms with Crippen LogP contribution in [-0.2, 0) is 0 Å². The highest BCUT2D eigenvalue weighted by molar-refractivity contribution is 6.28. The van der Waals surface area contributed by atoms with E-state index in [0.29, 0.717) is 18.1 Å². The predicted molar refractivity (Wildman–Crippen MR) is 103 cm³/mol. The lowest BCUT2D eigenvalue weighted by molar-refractivity contribution is 0.340. The first-order chi connectivity index (χ1) is 12.7. The molecule has 0 spiro atoms. The molecule has 0 saturated heterocycles. The van der Waals surface area contributed by atoms with E-state index >= 15 is 0 Å². The van der Waals surface area contributed by atoms with Crippen LogP contribution in [0.5, 0.6) is 5.75 Å². The van der Waals surface area contributed by atoms with Gasteiger partial charge in [-0.05, 0) is 54.9 Å². The molecule has 0 amide bonds. The van der Waals surface area contributed by atoms with Gasteiger partial charge in [-0.25, -0.2) is 4.68 Å². The SMILES string of the molecule is CCOc1ccc(Nc2nc(Cl)nc3c2cnn3-c2ccccc2)cc1. The highest BCUT2D eigenvalue weighted by Crippen LogP contribution is 2.27. The highest BCUT2D eigenvalue weighted by atomic mass is 35.5. The van der Waals surface area contributed by atoms with Crippen molar-refractivity contribution in [2.75, 3.05) is 11.9 Å². The van der Waals surface area contributed by atoms with Crippen molar-refractivity contribution in [3.63, 3.8) is 0 Å². The first kappa shape index (κ1) is 16.4. The van der Waals surface area contributed by atoms with Crippen LogP contribution in [0.3, 0.4) is 0 Å². The van der Waals surface area contributed by atoms with Crippen LogP contribution in [-0.4, -0.2) is 26.4 Å². The molecule has 0 aliphatic carbocycles. The molecule has 1 N–H and O–H groups in total. The summed E-state index contributed by atoms with van der Waals surface area (Å²) in [4.78, 5) is 8.67. The van der Waals surface area contributed by atoms with Crippen molar-refractivity contribution in [1.82, 2.24) is 19.7 Å². The second-order valence-electron chi connectivity index (χ2n) is 5.55. The van der Waals surface area contributed by atoms with Gasteiger partial charge in [0, 0.05) is 5.69 Å². The van der Waals surface area contributed by atoms with Crippen molar-refractivity contribution in [1.29, 1.82) is 0 Å². The fourth-order valence-electron chi connectivity index (χ4n) is 2.67. The summed E-state index contributed by atoms with van der Waals surface area (Å²) in [6, 6.07) is 17.4. The van der Waals surface area contributed by atoms with E-state index in [4.69, 9.17) is 16.3 Å². The van der Waals surface area contributed by atoms with Crippen LogP contribution < -0.4 is 10.1 Å². The Kier molecular flexibility index (Phi) is 4.41. The van der Waals surface area contributed by atoms with E-state index < -0.39 is 0 Å². The average Bonchev–Trinajstić information content (AvgIpc) is 3.08. The first-order valence-electron chi connectivity index (χ1n) is 8.21. The normalized spacial score (nSPS) is 10.8. The maximum atomic E-state index is 6.15. The van der Waals surface area contributed by atoms with Crippen LogP contribution in [0.2, 0.25) is 5.28 Å². The molecule has 4 aromatic rings. The molecule has 0 unspecified atom stereocenters. The summed E-state index contributed by atoms with van der Waals surface area (Å²) < 4.78 is 7.21. The van der Waals surface area contributed by atoms with E-state index in [1.54, 1.807) is 10.9 Å². The number of rotatable bonds is 5. The molecule has 0 aliphatic heterocycles. The van der Waals surface area contributed by atoms with Crippen molar-refractivity contribution in [2.45, 2.75) is 6.92 Å². The third-order valence-electron chi connectivity index (χ3n) is 3.83. The van der Waals surface area contributed by atoms with Gasteiger partial charge in [-0.3, -0.25) is 0 Å². The highest BCUT2D eigenvalue weighted by Gasteiger charge is 2.13. The van der Waals surface area contributed by atoms with Gasteiger partial charge < -0.3 is 10.1 Å². The van der Waals surface area contributed by atoms with Gasteiger partial charge in [-0.15, -0.1) is 0 Å². The van der Waals surface area contributed by atoms with E-state index in [2.05, 4.69) is 20.4 Å². The van der Waals surface area contributed by atoms with Crippen molar-refractivity contribution in [3.05, 3.63) is 66.1 Å². The number of aromatic nitrogens is 4. The summed E-state index contributed by atoms with van der Waals surface area (Å²) in [7, 11) is 0. The van der Waals surface area contributed by atoms with Crippen LogP contribution in [0.1, 0.15) is 6.92 Å². The molecule has 0 radical (unpaired) electrons. The van der Waals surface area contributed by atoms with Crippen LogP contribution in [0, 0.1) is 0 Å². The van der Waals surface area contributed by atoms with Gasteiger partial charge in [-0.2, -0.15) is 15.1 Å². The molecule has 0 bridgehead atoms. The number of hydrogen-bond acceptors (Lipinski definition) is 5. The summed E-state index contributed by atoms with van der Waals surface area (Å²) in [5.41, 5.74) is 2.42. The lowest BCUT2D eigenvalue weighted by Gasteiger charge is -2.09.